The summed E-state index contributed by atoms with van der Waals surface area (Å²) in [5.74, 6) is 6.28. The van der Waals surface area contributed by atoms with Crippen LogP contribution in [0.5, 0.6) is 0 Å². The van der Waals surface area contributed by atoms with Gasteiger partial charge in [0, 0.05) is 24.2 Å². The van der Waals surface area contributed by atoms with Crippen molar-refractivity contribution in [2.24, 2.45) is 0 Å². The molecule has 0 spiro atoms. The average molecular weight is 324 g/mol. The first kappa shape index (κ1) is 18.1. The van der Waals surface area contributed by atoms with Crippen LogP contribution in [0.2, 0.25) is 5.02 Å². The zero-order chi connectivity index (χ0) is 16.9. The van der Waals surface area contributed by atoms with Crippen LogP contribution >= 0.6 is 11.6 Å². The molecule has 6 heteroatoms. The molecule has 0 aliphatic heterocycles. The molecule has 0 bridgehead atoms. The topological polar surface area (TPSA) is 77.2 Å². The first-order valence-corrected chi connectivity index (χ1v) is 7.37. The Kier molecular flexibility index (Phi) is 6.07. The van der Waals surface area contributed by atoms with E-state index in [-0.39, 0.29) is 6.04 Å². The summed E-state index contributed by atoms with van der Waals surface area (Å²) < 4.78 is 5.18. The maximum Gasteiger partial charge on any atom is 0.407 e. The molecule has 1 heterocycles. The highest BCUT2D eigenvalue weighted by molar-refractivity contribution is 6.33. The van der Waals surface area contributed by atoms with Crippen molar-refractivity contribution < 1.29 is 9.53 Å². The van der Waals surface area contributed by atoms with Gasteiger partial charge in [-0.3, -0.25) is 0 Å². The molecule has 0 saturated heterocycles. The quantitative estimate of drug-likeness (QED) is 0.819. The molecule has 120 valence electrons. The van der Waals surface area contributed by atoms with Crippen LogP contribution in [0.15, 0.2) is 6.20 Å². The number of hydrogen-bond donors (Lipinski definition) is 2. The lowest BCUT2D eigenvalue weighted by Gasteiger charge is -2.21. The fraction of sp³-hybridized carbons (Fsp3) is 0.500. The van der Waals surface area contributed by atoms with Crippen molar-refractivity contribution in [1.82, 2.24) is 10.3 Å². The molecule has 0 fully saturated rings. The van der Waals surface area contributed by atoms with E-state index in [1.54, 1.807) is 6.20 Å². The van der Waals surface area contributed by atoms with Crippen LogP contribution in [0, 0.1) is 18.8 Å². The summed E-state index contributed by atoms with van der Waals surface area (Å²) in [7, 11) is 0. The van der Waals surface area contributed by atoms with Crippen molar-refractivity contribution in [3.05, 3.63) is 22.3 Å². The Labute approximate surface area is 136 Å². The Morgan fingerprint density at radius 1 is 1.55 bits per heavy atom. The number of nitrogens with two attached hydrogens (primary N) is 1. The molecule has 1 aromatic rings. The number of alkyl carbamates (subject to hydrolysis) is 1. The van der Waals surface area contributed by atoms with Crippen LogP contribution in [-0.4, -0.2) is 22.7 Å². The van der Waals surface area contributed by atoms with Crippen molar-refractivity contribution >= 4 is 23.5 Å². The van der Waals surface area contributed by atoms with Crippen molar-refractivity contribution in [3.63, 3.8) is 0 Å². The molecule has 1 aromatic heterocycles. The lowest BCUT2D eigenvalue weighted by molar-refractivity contribution is 0.0509. The Bertz CT molecular complexity index is 612. The molecule has 1 amide bonds. The second-order valence-corrected chi connectivity index (χ2v) is 6.43. The zero-order valence-electron chi connectivity index (χ0n) is 13.6. The highest BCUT2D eigenvalue weighted by Gasteiger charge is 2.17. The van der Waals surface area contributed by atoms with E-state index in [1.807, 2.05) is 34.6 Å². The van der Waals surface area contributed by atoms with Crippen molar-refractivity contribution in [2.45, 2.75) is 52.7 Å². The summed E-state index contributed by atoms with van der Waals surface area (Å²) >= 11 is 6.03. The number of carbonyl (C=O) groups is 1. The number of amides is 1. The van der Waals surface area contributed by atoms with Crippen molar-refractivity contribution in [1.29, 1.82) is 0 Å². The van der Waals surface area contributed by atoms with Crippen LogP contribution in [0.25, 0.3) is 0 Å². The number of hydrogen-bond acceptors (Lipinski definition) is 4. The molecule has 0 aromatic carbocycles. The van der Waals surface area contributed by atoms with Gasteiger partial charge in [0.15, 0.2) is 0 Å². The molecule has 1 atom stereocenters. The second kappa shape index (κ2) is 7.37. The smallest absolute Gasteiger partial charge is 0.407 e. The normalized spacial score (nSPS) is 12.1. The lowest BCUT2D eigenvalue weighted by atomic mass is 10.1. The Balaban J connectivity index is 2.61. The van der Waals surface area contributed by atoms with Crippen LogP contribution < -0.4 is 11.1 Å². The van der Waals surface area contributed by atoms with Crippen LogP contribution in [-0.2, 0) is 4.74 Å². The third-order valence-electron chi connectivity index (χ3n) is 2.69. The molecular weight excluding hydrogens is 302 g/mol. The largest absolute Gasteiger partial charge is 0.444 e. The van der Waals surface area contributed by atoms with Crippen LogP contribution in [0.3, 0.4) is 0 Å². The Morgan fingerprint density at radius 2 is 2.18 bits per heavy atom. The van der Waals surface area contributed by atoms with Gasteiger partial charge >= 0.3 is 6.09 Å². The predicted molar refractivity (Wildman–Crippen MR) is 88.7 cm³/mol. The standard InChI is InChI=1S/C16H22ClN3O2/c1-10(20-15(21)22-16(3,4)5)7-6-8-12-9-19-14(18)13(17)11(12)2/h9-10H,7H2,1-5H3,(H2,18,19)(H,20,21)/t10-/m0/s1. The highest BCUT2D eigenvalue weighted by Crippen LogP contribution is 2.22. The van der Waals surface area contributed by atoms with E-state index in [0.717, 1.165) is 11.1 Å². The fourth-order valence-corrected chi connectivity index (χ4v) is 1.73. The zero-order valence-corrected chi connectivity index (χ0v) is 14.3. The summed E-state index contributed by atoms with van der Waals surface area (Å²) in [5, 5.41) is 3.16. The molecule has 1 rings (SSSR count). The number of nitrogens with one attached hydrogen (secondary N) is 1. The van der Waals surface area contributed by atoms with Gasteiger partial charge < -0.3 is 15.8 Å². The minimum atomic E-state index is -0.515. The molecule has 0 aliphatic carbocycles. The number of anilines is 1. The molecule has 5 nitrogen and oxygen atoms in total. The number of aromatic nitrogens is 1. The molecule has 3 N–H and O–H groups in total. The number of ether oxygens (including phenoxy) is 1. The van der Waals surface area contributed by atoms with Gasteiger partial charge in [0.05, 0.1) is 5.02 Å². The number of nitrogen functional groups attached to an aromatic ring is 1. The predicted octanol–water partition coefficient (Wildman–Crippen LogP) is 3.28. The number of rotatable bonds is 2. The van der Waals surface area contributed by atoms with Gasteiger partial charge in [-0.05, 0) is 40.2 Å². The van der Waals surface area contributed by atoms with Crippen LogP contribution in [0.4, 0.5) is 10.6 Å². The number of carbonyl (C=O) groups excluding carboxylic acids is 1. The van der Waals surface area contributed by atoms with E-state index in [4.69, 9.17) is 22.1 Å². The Morgan fingerprint density at radius 3 is 2.77 bits per heavy atom. The van der Waals surface area contributed by atoms with E-state index in [2.05, 4.69) is 22.1 Å². The fourth-order valence-electron chi connectivity index (χ4n) is 1.58. The monoisotopic (exact) mass is 323 g/mol. The van der Waals surface area contributed by atoms with Gasteiger partial charge in [0.25, 0.3) is 0 Å². The van der Waals surface area contributed by atoms with E-state index < -0.39 is 11.7 Å². The minimum Gasteiger partial charge on any atom is -0.444 e. The van der Waals surface area contributed by atoms with E-state index >= 15 is 0 Å². The number of pyridine rings is 1. The molecular formula is C16H22ClN3O2. The summed E-state index contributed by atoms with van der Waals surface area (Å²) in [4.78, 5) is 15.6. The molecule has 0 aliphatic rings. The average Bonchev–Trinajstić information content (AvgIpc) is 2.36. The summed E-state index contributed by atoms with van der Waals surface area (Å²) in [6.45, 7) is 9.15. The molecule has 0 unspecified atom stereocenters. The number of halogens is 1. The van der Waals surface area contributed by atoms with Gasteiger partial charge in [-0.1, -0.05) is 23.4 Å². The third-order valence-corrected chi connectivity index (χ3v) is 3.16. The molecule has 0 radical (unpaired) electrons. The second-order valence-electron chi connectivity index (χ2n) is 6.05. The molecule has 22 heavy (non-hydrogen) atoms. The minimum absolute atomic E-state index is 0.125. The SMILES string of the molecule is Cc1c(C#CC[C@H](C)NC(=O)OC(C)(C)C)cnc(N)c1Cl. The van der Waals surface area contributed by atoms with Crippen LogP contribution in [0.1, 0.15) is 45.2 Å². The lowest BCUT2D eigenvalue weighted by Crippen LogP contribution is -2.37. The van der Waals surface area contributed by atoms with E-state index in [9.17, 15) is 4.79 Å². The van der Waals surface area contributed by atoms with Gasteiger partial charge in [-0.2, -0.15) is 0 Å². The Hall–Kier alpha value is -1.93. The first-order chi connectivity index (χ1) is 10.1. The van der Waals surface area contributed by atoms with Crippen molar-refractivity contribution in [2.75, 3.05) is 5.73 Å². The van der Waals surface area contributed by atoms with Gasteiger partial charge in [0.2, 0.25) is 0 Å². The van der Waals surface area contributed by atoms with Gasteiger partial charge in [0.1, 0.15) is 11.4 Å². The highest BCUT2D eigenvalue weighted by atomic mass is 35.5. The maximum atomic E-state index is 11.6. The summed E-state index contributed by atoms with van der Waals surface area (Å²) in [6.07, 6.45) is 1.63. The van der Waals surface area contributed by atoms with Gasteiger partial charge in [-0.25, -0.2) is 9.78 Å². The third kappa shape index (κ3) is 5.82. The number of nitrogens with zero attached hydrogens (tertiary/aromatic N) is 1. The first-order valence-electron chi connectivity index (χ1n) is 6.99. The molecule has 0 saturated carbocycles. The van der Waals surface area contributed by atoms with E-state index in [1.165, 1.54) is 0 Å². The van der Waals surface area contributed by atoms with E-state index in [0.29, 0.717) is 17.3 Å². The summed E-state index contributed by atoms with van der Waals surface area (Å²) in [5.41, 5.74) is 6.63. The maximum absolute atomic E-state index is 11.6. The van der Waals surface area contributed by atoms with Gasteiger partial charge in [-0.15, -0.1) is 0 Å². The summed E-state index contributed by atoms with van der Waals surface area (Å²) in [6, 6.07) is -0.125. The van der Waals surface area contributed by atoms with Crippen molar-refractivity contribution in [3.8, 4) is 11.8 Å².